The van der Waals surface area contributed by atoms with Gasteiger partial charge in [-0.15, -0.1) is 0 Å². The maximum absolute atomic E-state index is 12.6. The van der Waals surface area contributed by atoms with Gasteiger partial charge >= 0.3 is 5.97 Å². The second kappa shape index (κ2) is 9.33. The summed E-state index contributed by atoms with van der Waals surface area (Å²) in [4.78, 5) is 25.0. The van der Waals surface area contributed by atoms with Gasteiger partial charge in [-0.2, -0.15) is 0 Å². The SMILES string of the molecule is COCCCn1c(C)cc(C(=O)COC(=O)c2cc(Cl)c3c(c2)OCCO3)c1C. The molecule has 156 valence electrons. The van der Waals surface area contributed by atoms with Crippen LogP contribution < -0.4 is 9.47 Å². The van der Waals surface area contributed by atoms with E-state index in [1.807, 2.05) is 19.9 Å². The fraction of sp³-hybridized carbons (Fsp3) is 0.429. The van der Waals surface area contributed by atoms with E-state index in [4.69, 9.17) is 30.5 Å². The van der Waals surface area contributed by atoms with Gasteiger partial charge in [0.15, 0.2) is 18.1 Å². The number of carbonyl (C=O) groups is 2. The number of carbonyl (C=O) groups excluding carboxylic acids is 2. The Bertz CT molecular complexity index is 920. The largest absolute Gasteiger partial charge is 0.486 e. The van der Waals surface area contributed by atoms with E-state index in [1.54, 1.807) is 7.11 Å². The Morgan fingerprint density at radius 3 is 2.69 bits per heavy atom. The molecule has 0 saturated heterocycles. The molecule has 1 aliphatic rings. The number of ketones is 1. The standard InChI is InChI=1S/C21H24ClNO6/c1-13-9-16(14(2)23(13)5-4-6-26-3)18(24)12-29-21(25)15-10-17(22)20-19(11-15)27-7-8-28-20/h9-11H,4-8,12H2,1-3H3. The van der Waals surface area contributed by atoms with Crippen molar-refractivity contribution in [3.8, 4) is 11.5 Å². The molecule has 8 heteroatoms. The number of nitrogens with zero attached hydrogens (tertiary/aromatic N) is 1. The molecule has 7 nitrogen and oxygen atoms in total. The number of benzene rings is 1. The van der Waals surface area contributed by atoms with Crippen molar-refractivity contribution in [2.75, 3.05) is 33.5 Å². The molecule has 0 radical (unpaired) electrons. The van der Waals surface area contributed by atoms with Gasteiger partial charge in [-0.25, -0.2) is 4.79 Å². The number of esters is 1. The molecule has 0 amide bonds. The first-order valence-corrected chi connectivity index (χ1v) is 9.75. The van der Waals surface area contributed by atoms with Crippen LogP contribution in [0.5, 0.6) is 11.5 Å². The van der Waals surface area contributed by atoms with Crippen LogP contribution in [-0.4, -0.2) is 49.9 Å². The van der Waals surface area contributed by atoms with Crippen molar-refractivity contribution in [3.05, 3.63) is 45.7 Å². The van der Waals surface area contributed by atoms with Crippen LogP contribution in [-0.2, 0) is 16.0 Å². The number of aromatic nitrogens is 1. The Morgan fingerprint density at radius 2 is 1.93 bits per heavy atom. The number of halogens is 1. The smallest absolute Gasteiger partial charge is 0.338 e. The van der Waals surface area contributed by atoms with Crippen LogP contribution in [0.1, 0.15) is 38.5 Å². The van der Waals surface area contributed by atoms with Gasteiger partial charge in [0.25, 0.3) is 0 Å². The molecule has 0 fully saturated rings. The van der Waals surface area contributed by atoms with Crippen molar-refractivity contribution in [2.24, 2.45) is 0 Å². The molecule has 0 N–H and O–H groups in total. The number of Topliss-reactive ketones (excluding diaryl/α,β-unsaturated/α-hetero) is 1. The minimum absolute atomic E-state index is 0.206. The summed E-state index contributed by atoms with van der Waals surface area (Å²) in [5.74, 6) is -0.104. The van der Waals surface area contributed by atoms with E-state index < -0.39 is 5.97 Å². The summed E-state index contributed by atoms with van der Waals surface area (Å²) in [5.41, 5.74) is 2.58. The number of ether oxygens (including phenoxy) is 4. The molecule has 0 spiro atoms. The molecule has 1 aliphatic heterocycles. The monoisotopic (exact) mass is 421 g/mol. The molecule has 3 rings (SSSR count). The van der Waals surface area contributed by atoms with Crippen LogP contribution in [0.25, 0.3) is 0 Å². The van der Waals surface area contributed by atoms with E-state index in [0.717, 1.165) is 24.4 Å². The maximum Gasteiger partial charge on any atom is 0.338 e. The number of fused-ring (bicyclic) bond motifs is 1. The molecule has 0 bridgehead atoms. The summed E-state index contributed by atoms with van der Waals surface area (Å²) in [7, 11) is 1.66. The zero-order valence-electron chi connectivity index (χ0n) is 16.7. The topological polar surface area (TPSA) is 76.0 Å². The third kappa shape index (κ3) is 4.74. The zero-order valence-corrected chi connectivity index (χ0v) is 17.5. The lowest BCUT2D eigenvalue weighted by molar-refractivity contribution is 0.0473. The minimum Gasteiger partial charge on any atom is -0.486 e. The van der Waals surface area contributed by atoms with E-state index in [1.165, 1.54) is 12.1 Å². The van der Waals surface area contributed by atoms with Crippen LogP contribution in [0.3, 0.4) is 0 Å². The van der Waals surface area contributed by atoms with Crippen molar-refractivity contribution in [1.82, 2.24) is 4.57 Å². The van der Waals surface area contributed by atoms with Crippen LogP contribution in [0.2, 0.25) is 5.02 Å². The highest BCUT2D eigenvalue weighted by Gasteiger charge is 2.22. The summed E-state index contributed by atoms with van der Waals surface area (Å²) in [6.45, 7) is 5.65. The Hall–Kier alpha value is -2.51. The first kappa shape index (κ1) is 21.2. The van der Waals surface area contributed by atoms with E-state index in [-0.39, 0.29) is 23.0 Å². The van der Waals surface area contributed by atoms with E-state index >= 15 is 0 Å². The molecule has 0 atom stereocenters. The summed E-state index contributed by atoms with van der Waals surface area (Å²) in [5, 5.41) is 0.264. The average Bonchev–Trinajstić information content (AvgIpc) is 3.00. The average molecular weight is 422 g/mol. The second-order valence-electron chi connectivity index (χ2n) is 6.76. The highest BCUT2D eigenvalue weighted by molar-refractivity contribution is 6.32. The summed E-state index contributed by atoms with van der Waals surface area (Å²) < 4.78 is 23.3. The van der Waals surface area contributed by atoms with E-state index in [9.17, 15) is 9.59 Å². The van der Waals surface area contributed by atoms with Crippen molar-refractivity contribution >= 4 is 23.4 Å². The van der Waals surface area contributed by atoms with Gasteiger partial charge in [0, 0.05) is 37.2 Å². The fourth-order valence-corrected chi connectivity index (χ4v) is 3.58. The van der Waals surface area contributed by atoms with Crippen molar-refractivity contribution < 1.29 is 28.5 Å². The molecule has 0 saturated carbocycles. The molecule has 2 aromatic rings. The quantitative estimate of drug-likeness (QED) is 0.368. The number of hydrogen-bond acceptors (Lipinski definition) is 6. The molecular weight excluding hydrogens is 398 g/mol. The summed E-state index contributed by atoms with van der Waals surface area (Å²) in [6, 6.07) is 4.78. The summed E-state index contributed by atoms with van der Waals surface area (Å²) in [6.07, 6.45) is 0.848. The lowest BCUT2D eigenvalue weighted by Gasteiger charge is -2.19. The zero-order chi connectivity index (χ0) is 21.0. The Labute approximate surface area is 174 Å². The molecule has 2 heterocycles. The lowest BCUT2D eigenvalue weighted by Crippen LogP contribution is -2.18. The predicted octanol–water partition coefficient (Wildman–Crippen LogP) is 3.61. The predicted molar refractivity (Wildman–Crippen MR) is 107 cm³/mol. The van der Waals surface area contributed by atoms with Gasteiger partial charge < -0.3 is 23.5 Å². The van der Waals surface area contributed by atoms with Gasteiger partial charge in [0.2, 0.25) is 5.78 Å². The van der Waals surface area contributed by atoms with Gasteiger partial charge in [0.1, 0.15) is 13.2 Å². The van der Waals surface area contributed by atoms with Crippen LogP contribution in [0, 0.1) is 13.8 Å². The first-order chi connectivity index (χ1) is 13.9. The minimum atomic E-state index is -0.647. The Morgan fingerprint density at radius 1 is 1.17 bits per heavy atom. The van der Waals surface area contributed by atoms with Crippen LogP contribution in [0.4, 0.5) is 0 Å². The van der Waals surface area contributed by atoms with Gasteiger partial charge in [-0.3, -0.25) is 4.79 Å². The second-order valence-corrected chi connectivity index (χ2v) is 7.17. The first-order valence-electron chi connectivity index (χ1n) is 9.37. The third-order valence-corrected chi connectivity index (χ3v) is 5.05. The van der Waals surface area contributed by atoms with Crippen LogP contribution in [0.15, 0.2) is 18.2 Å². The van der Waals surface area contributed by atoms with E-state index in [0.29, 0.717) is 36.9 Å². The number of methoxy groups -OCH3 is 1. The van der Waals surface area contributed by atoms with Gasteiger partial charge in [0.05, 0.1) is 10.6 Å². The lowest BCUT2D eigenvalue weighted by atomic mass is 10.1. The molecule has 29 heavy (non-hydrogen) atoms. The molecule has 0 aliphatic carbocycles. The number of aryl methyl sites for hydroxylation is 1. The maximum atomic E-state index is 12.6. The summed E-state index contributed by atoms with van der Waals surface area (Å²) >= 11 is 6.15. The fourth-order valence-electron chi connectivity index (χ4n) is 3.32. The highest BCUT2D eigenvalue weighted by Crippen LogP contribution is 2.38. The number of hydrogen-bond donors (Lipinski definition) is 0. The number of rotatable bonds is 8. The van der Waals surface area contributed by atoms with Crippen molar-refractivity contribution in [3.63, 3.8) is 0 Å². The normalized spacial score (nSPS) is 12.7. The Balaban J connectivity index is 1.66. The Kier molecular flexibility index (Phi) is 6.82. The van der Waals surface area contributed by atoms with Gasteiger partial charge in [-0.05, 0) is 38.5 Å². The molecular formula is C21H24ClNO6. The van der Waals surface area contributed by atoms with Crippen molar-refractivity contribution in [1.29, 1.82) is 0 Å². The van der Waals surface area contributed by atoms with Crippen molar-refractivity contribution in [2.45, 2.75) is 26.8 Å². The highest BCUT2D eigenvalue weighted by atomic mass is 35.5. The van der Waals surface area contributed by atoms with Crippen LogP contribution >= 0.6 is 11.6 Å². The third-order valence-electron chi connectivity index (χ3n) is 4.77. The molecule has 1 aromatic heterocycles. The van der Waals surface area contributed by atoms with Gasteiger partial charge in [-0.1, -0.05) is 11.6 Å². The molecule has 0 unspecified atom stereocenters. The molecule has 1 aromatic carbocycles. The van der Waals surface area contributed by atoms with E-state index in [2.05, 4.69) is 4.57 Å².